The van der Waals surface area contributed by atoms with Crippen LogP contribution in [0.15, 0.2) is 96.4 Å². The summed E-state index contributed by atoms with van der Waals surface area (Å²) in [5.41, 5.74) is 1.90. The molecule has 0 bridgehead atoms. The molecule has 0 unspecified atom stereocenters. The Labute approximate surface area is 197 Å². The van der Waals surface area contributed by atoms with Gasteiger partial charge in [0.05, 0.1) is 0 Å². The molecule has 0 spiro atoms. The number of hydrogen-bond donors (Lipinski definition) is 0. The molecule has 32 heavy (non-hydrogen) atoms. The minimum Gasteiger partial charge on any atom is -0.454 e. The van der Waals surface area contributed by atoms with E-state index in [1.165, 1.54) is 43.3 Å². The van der Waals surface area contributed by atoms with E-state index >= 15 is 0 Å². The molecule has 0 fully saturated rings. The van der Waals surface area contributed by atoms with Crippen molar-refractivity contribution < 1.29 is 18.7 Å². The number of halogens is 1. The van der Waals surface area contributed by atoms with E-state index in [9.17, 15) is 14.0 Å². The monoisotopic (exact) mass is 458 g/mol. The van der Waals surface area contributed by atoms with E-state index in [4.69, 9.17) is 4.74 Å². The second-order valence-electron chi connectivity index (χ2n) is 6.47. The van der Waals surface area contributed by atoms with Crippen molar-refractivity contribution >= 4 is 23.3 Å². The summed E-state index contributed by atoms with van der Waals surface area (Å²) in [6.45, 7) is 19.1. The minimum absolute atomic E-state index is 0.0625. The lowest BCUT2D eigenvalue weighted by Gasteiger charge is -2.07. The average molecular weight is 459 g/mol. The van der Waals surface area contributed by atoms with Gasteiger partial charge < -0.3 is 9.53 Å². The standard InChI is InChI=1S/C14H15FO.C10H14OS.C3H6O/c1-4-6-14(11(3)15)16-13-9-7-12(5-2)8-10-13;1-5-6-7-10(8(2)11)9(3)12-4;1-3(2)4/h4,6-10H,1,3,5H2,2H3;5-7H,3H2,1-2,4H3;1-2H3/b14-6+;6-5-,10-7-;. The van der Waals surface area contributed by atoms with Gasteiger partial charge in [0.1, 0.15) is 11.5 Å². The summed E-state index contributed by atoms with van der Waals surface area (Å²) in [5, 5.41) is 0. The second-order valence-corrected chi connectivity index (χ2v) is 7.37. The Balaban J connectivity index is 0. The fourth-order valence-electron chi connectivity index (χ4n) is 1.92. The quantitative estimate of drug-likeness (QED) is 0.216. The van der Waals surface area contributed by atoms with Gasteiger partial charge in [-0.2, -0.15) is 0 Å². The van der Waals surface area contributed by atoms with Crippen molar-refractivity contribution in [3.63, 3.8) is 0 Å². The molecule has 0 saturated carbocycles. The lowest BCUT2D eigenvalue weighted by Crippen LogP contribution is -1.96. The summed E-state index contributed by atoms with van der Waals surface area (Å²) >= 11 is 1.49. The minimum atomic E-state index is -0.612. The number of rotatable bonds is 9. The van der Waals surface area contributed by atoms with Gasteiger partial charge in [-0.3, -0.25) is 4.79 Å². The van der Waals surface area contributed by atoms with Crippen molar-refractivity contribution in [2.24, 2.45) is 0 Å². The van der Waals surface area contributed by atoms with Crippen LogP contribution in [0.3, 0.4) is 0 Å². The molecule has 0 aromatic heterocycles. The SMILES string of the molecule is C=C(SC)/C(=C\C=C/C)C(C)=O.C=C/C=C(/Oc1ccc(CC)cc1)C(=C)F.CC(C)=O. The van der Waals surface area contributed by atoms with Gasteiger partial charge in [-0.05, 0) is 64.1 Å². The zero-order chi connectivity index (χ0) is 25.1. The largest absolute Gasteiger partial charge is 0.454 e. The third-order valence-electron chi connectivity index (χ3n) is 3.48. The zero-order valence-corrected chi connectivity index (χ0v) is 20.9. The molecular formula is C27H35FO3S. The first-order valence-corrected chi connectivity index (χ1v) is 11.2. The van der Waals surface area contributed by atoms with Crippen molar-refractivity contribution in [1.82, 2.24) is 0 Å². The third-order valence-corrected chi connectivity index (χ3v) is 4.19. The first-order chi connectivity index (χ1) is 15.0. The van der Waals surface area contributed by atoms with Crippen LogP contribution in [0.5, 0.6) is 5.75 Å². The number of carbonyl (C=O) groups is 2. The van der Waals surface area contributed by atoms with Crippen LogP contribution >= 0.6 is 11.8 Å². The number of benzene rings is 1. The maximum atomic E-state index is 12.9. The van der Waals surface area contributed by atoms with Crippen LogP contribution in [0.4, 0.5) is 4.39 Å². The topological polar surface area (TPSA) is 43.4 Å². The fraction of sp³-hybridized carbons (Fsp3) is 0.259. The summed E-state index contributed by atoms with van der Waals surface area (Å²) in [5.74, 6) is 0.287. The summed E-state index contributed by atoms with van der Waals surface area (Å²) in [6, 6.07) is 7.50. The first-order valence-electron chi connectivity index (χ1n) is 10.0. The van der Waals surface area contributed by atoms with Crippen LogP contribution in [0.25, 0.3) is 0 Å². The number of aryl methyl sites for hydroxylation is 1. The predicted octanol–water partition coefficient (Wildman–Crippen LogP) is 7.73. The van der Waals surface area contributed by atoms with Gasteiger partial charge in [0.2, 0.25) is 0 Å². The van der Waals surface area contributed by atoms with Gasteiger partial charge in [0.15, 0.2) is 17.4 Å². The molecule has 174 valence electrons. The maximum Gasteiger partial charge on any atom is 0.162 e. The van der Waals surface area contributed by atoms with Crippen molar-refractivity contribution in [1.29, 1.82) is 0 Å². The van der Waals surface area contributed by atoms with E-state index in [0.717, 1.165) is 11.3 Å². The van der Waals surface area contributed by atoms with Gasteiger partial charge >= 0.3 is 0 Å². The highest BCUT2D eigenvalue weighted by atomic mass is 32.2. The molecular weight excluding hydrogens is 423 g/mol. The molecule has 0 heterocycles. The molecule has 0 saturated heterocycles. The molecule has 0 aliphatic heterocycles. The van der Waals surface area contributed by atoms with Crippen LogP contribution in [0.1, 0.15) is 40.2 Å². The zero-order valence-electron chi connectivity index (χ0n) is 20.0. The fourth-order valence-corrected chi connectivity index (χ4v) is 2.35. The van der Waals surface area contributed by atoms with E-state index in [2.05, 4.69) is 26.7 Å². The molecule has 0 amide bonds. The maximum absolute atomic E-state index is 12.9. The lowest BCUT2D eigenvalue weighted by atomic mass is 10.1. The van der Waals surface area contributed by atoms with Crippen LogP contribution in [0.2, 0.25) is 0 Å². The molecule has 1 rings (SSSR count). The molecule has 1 aromatic carbocycles. The summed E-state index contributed by atoms with van der Waals surface area (Å²) in [7, 11) is 0. The number of allylic oxidation sites excluding steroid dienone is 7. The predicted molar refractivity (Wildman–Crippen MR) is 138 cm³/mol. The second kappa shape index (κ2) is 18.8. The number of carbonyl (C=O) groups excluding carboxylic acids is 2. The molecule has 3 nitrogen and oxygen atoms in total. The number of Topliss-reactive ketones (excluding diaryl/α,β-unsaturated/α-hetero) is 2. The van der Waals surface area contributed by atoms with Crippen LogP contribution < -0.4 is 4.74 Å². The molecule has 5 heteroatoms. The molecule has 0 atom stereocenters. The van der Waals surface area contributed by atoms with Gasteiger partial charge in [-0.25, -0.2) is 4.39 Å². The Hall–Kier alpha value is -2.92. The normalized spacial score (nSPS) is 10.8. The molecule has 0 radical (unpaired) electrons. The van der Waals surface area contributed by atoms with Crippen LogP contribution in [0, 0.1) is 0 Å². The van der Waals surface area contributed by atoms with Gasteiger partial charge in [0, 0.05) is 10.5 Å². The highest BCUT2D eigenvalue weighted by Gasteiger charge is 2.05. The van der Waals surface area contributed by atoms with E-state index in [1.807, 2.05) is 37.5 Å². The average Bonchev–Trinajstić information content (AvgIpc) is 2.73. The van der Waals surface area contributed by atoms with Gasteiger partial charge in [-0.1, -0.05) is 63.1 Å². The molecule has 0 aliphatic carbocycles. The van der Waals surface area contributed by atoms with Gasteiger partial charge in [0.25, 0.3) is 0 Å². The smallest absolute Gasteiger partial charge is 0.162 e. The van der Waals surface area contributed by atoms with E-state index in [0.29, 0.717) is 11.3 Å². The van der Waals surface area contributed by atoms with Gasteiger partial charge in [-0.15, -0.1) is 11.8 Å². The van der Waals surface area contributed by atoms with Crippen molar-refractivity contribution in [3.05, 3.63) is 102 Å². The van der Waals surface area contributed by atoms with Crippen molar-refractivity contribution in [2.75, 3.05) is 6.26 Å². The van der Waals surface area contributed by atoms with Crippen LogP contribution in [-0.2, 0) is 16.0 Å². The van der Waals surface area contributed by atoms with E-state index < -0.39 is 5.83 Å². The molecule has 0 aliphatic rings. The Morgan fingerprint density at radius 2 is 1.62 bits per heavy atom. The Morgan fingerprint density at radius 1 is 1.09 bits per heavy atom. The van der Waals surface area contributed by atoms with Crippen molar-refractivity contribution in [3.8, 4) is 5.75 Å². The number of thioether (sulfide) groups is 1. The Kier molecular flexibility index (Phi) is 18.4. The third kappa shape index (κ3) is 15.9. The summed E-state index contributed by atoms with van der Waals surface area (Å²) in [4.78, 5) is 21.3. The van der Waals surface area contributed by atoms with Crippen molar-refractivity contribution in [2.45, 2.75) is 41.0 Å². The first kappa shape index (κ1) is 31.3. The van der Waals surface area contributed by atoms with Crippen LogP contribution in [-0.4, -0.2) is 17.8 Å². The highest BCUT2D eigenvalue weighted by molar-refractivity contribution is 8.02. The summed E-state index contributed by atoms with van der Waals surface area (Å²) < 4.78 is 18.3. The Morgan fingerprint density at radius 3 is 1.97 bits per heavy atom. The van der Waals surface area contributed by atoms with E-state index in [-0.39, 0.29) is 17.3 Å². The number of hydrogen-bond acceptors (Lipinski definition) is 4. The number of ketones is 2. The highest BCUT2D eigenvalue weighted by Crippen LogP contribution is 2.20. The molecule has 0 N–H and O–H groups in total. The molecule has 1 aromatic rings. The van der Waals surface area contributed by atoms with E-state index in [1.54, 1.807) is 25.1 Å². The lowest BCUT2D eigenvalue weighted by molar-refractivity contribution is -0.115. The number of ether oxygens (including phenoxy) is 1. The Bertz CT molecular complexity index is 855. The summed E-state index contributed by atoms with van der Waals surface area (Å²) in [6.07, 6.45) is 11.3.